The third-order valence-corrected chi connectivity index (χ3v) is 5.41. The number of ether oxygens (including phenoxy) is 1. The van der Waals surface area contributed by atoms with Crippen molar-refractivity contribution in [1.29, 1.82) is 0 Å². The molecule has 28 heavy (non-hydrogen) atoms. The molecule has 1 saturated heterocycles. The van der Waals surface area contributed by atoms with Crippen molar-refractivity contribution in [3.63, 3.8) is 0 Å². The second kappa shape index (κ2) is 8.42. The van der Waals surface area contributed by atoms with Crippen LogP contribution in [0.25, 0.3) is 0 Å². The highest BCUT2D eigenvalue weighted by Crippen LogP contribution is 2.36. The lowest BCUT2D eigenvalue weighted by molar-refractivity contribution is -0.605. The van der Waals surface area contributed by atoms with Crippen LogP contribution in [0.1, 0.15) is 41.3 Å². The van der Waals surface area contributed by atoms with Gasteiger partial charge in [0, 0.05) is 25.2 Å². The van der Waals surface area contributed by atoms with Gasteiger partial charge >= 0.3 is 5.97 Å². The molecule has 2 aromatic rings. The Kier molecular flexibility index (Phi) is 5.97. The van der Waals surface area contributed by atoms with E-state index in [-0.39, 0.29) is 11.9 Å². The molecule has 6 nitrogen and oxygen atoms in total. The zero-order valence-corrected chi connectivity index (χ0v) is 16.4. The second-order valence-electron chi connectivity index (χ2n) is 7.38. The molecule has 0 spiro atoms. The molecule has 1 aromatic carbocycles. The molecule has 1 unspecified atom stereocenters. The SMILES string of the molecule is CCOC(=O)C1(Cc2ccccc2C)CCCN(C(=O)c2cc[n+]([O-])cc2)C1. The molecule has 3 rings (SSSR count). The van der Waals surface area contributed by atoms with Crippen LogP contribution in [-0.4, -0.2) is 36.5 Å². The fraction of sp³-hybridized carbons (Fsp3) is 0.409. The molecule has 1 aliphatic heterocycles. The summed E-state index contributed by atoms with van der Waals surface area (Å²) in [4.78, 5) is 27.7. The van der Waals surface area contributed by atoms with E-state index < -0.39 is 5.41 Å². The van der Waals surface area contributed by atoms with Gasteiger partial charge in [0.2, 0.25) is 0 Å². The van der Waals surface area contributed by atoms with Gasteiger partial charge in [-0.3, -0.25) is 9.59 Å². The first kappa shape index (κ1) is 19.9. The average molecular weight is 382 g/mol. The molecule has 2 heterocycles. The van der Waals surface area contributed by atoms with E-state index in [4.69, 9.17) is 4.74 Å². The van der Waals surface area contributed by atoms with E-state index in [0.29, 0.717) is 42.8 Å². The maximum absolute atomic E-state index is 13.0. The van der Waals surface area contributed by atoms with E-state index in [1.54, 1.807) is 11.8 Å². The minimum absolute atomic E-state index is 0.168. The van der Waals surface area contributed by atoms with E-state index in [1.165, 1.54) is 24.5 Å². The van der Waals surface area contributed by atoms with Gasteiger partial charge in [-0.15, -0.1) is 0 Å². The number of hydrogen-bond acceptors (Lipinski definition) is 4. The van der Waals surface area contributed by atoms with Gasteiger partial charge in [-0.1, -0.05) is 24.3 Å². The largest absolute Gasteiger partial charge is 0.619 e. The molecule has 1 atom stereocenters. The minimum atomic E-state index is -0.761. The van der Waals surface area contributed by atoms with Crippen LogP contribution < -0.4 is 4.73 Å². The maximum atomic E-state index is 13.0. The summed E-state index contributed by atoms with van der Waals surface area (Å²) >= 11 is 0. The van der Waals surface area contributed by atoms with Crippen molar-refractivity contribution in [3.05, 3.63) is 70.7 Å². The van der Waals surface area contributed by atoms with Crippen LogP contribution in [0.4, 0.5) is 0 Å². The van der Waals surface area contributed by atoms with Crippen molar-refractivity contribution in [2.24, 2.45) is 5.41 Å². The summed E-state index contributed by atoms with van der Waals surface area (Å²) in [5.41, 5.74) is 1.90. The number of likely N-dealkylation sites (tertiary alicyclic amines) is 1. The van der Waals surface area contributed by atoms with Crippen LogP contribution in [0, 0.1) is 17.5 Å². The summed E-state index contributed by atoms with van der Waals surface area (Å²) in [6.07, 6.45) is 4.56. The summed E-state index contributed by atoms with van der Waals surface area (Å²) in [6.45, 7) is 5.03. The molecule has 148 valence electrons. The first-order valence-electron chi connectivity index (χ1n) is 9.65. The van der Waals surface area contributed by atoms with Gasteiger partial charge in [-0.25, -0.2) is 0 Å². The van der Waals surface area contributed by atoms with Crippen LogP contribution in [0.15, 0.2) is 48.8 Å². The first-order valence-corrected chi connectivity index (χ1v) is 9.65. The third kappa shape index (κ3) is 4.16. The molecule has 1 amide bonds. The molecule has 0 radical (unpaired) electrons. The summed E-state index contributed by atoms with van der Waals surface area (Å²) in [5, 5.41) is 11.3. The van der Waals surface area contributed by atoms with Gasteiger partial charge < -0.3 is 14.8 Å². The lowest BCUT2D eigenvalue weighted by Crippen LogP contribution is -2.51. The van der Waals surface area contributed by atoms with Gasteiger partial charge in [-0.2, -0.15) is 4.73 Å². The van der Waals surface area contributed by atoms with Gasteiger partial charge in [0.15, 0.2) is 12.4 Å². The highest BCUT2D eigenvalue weighted by Gasteiger charge is 2.45. The topological polar surface area (TPSA) is 73.5 Å². The number of pyridine rings is 1. The van der Waals surface area contributed by atoms with E-state index in [0.717, 1.165) is 17.5 Å². The molecule has 1 aromatic heterocycles. The van der Waals surface area contributed by atoms with Crippen LogP contribution in [0.5, 0.6) is 0 Å². The number of aryl methyl sites for hydroxylation is 1. The fourth-order valence-corrected chi connectivity index (χ4v) is 3.88. The number of aromatic nitrogens is 1. The van der Waals surface area contributed by atoms with Crippen molar-refractivity contribution in [1.82, 2.24) is 4.90 Å². The van der Waals surface area contributed by atoms with Crippen LogP contribution in [-0.2, 0) is 16.0 Å². The molecule has 6 heteroatoms. The Labute approximate surface area is 165 Å². The predicted molar refractivity (Wildman–Crippen MR) is 104 cm³/mol. The van der Waals surface area contributed by atoms with Crippen molar-refractivity contribution in [2.75, 3.05) is 19.7 Å². The number of amides is 1. The second-order valence-corrected chi connectivity index (χ2v) is 7.38. The predicted octanol–water partition coefficient (Wildman–Crippen LogP) is 2.66. The molecule has 0 aliphatic carbocycles. The van der Waals surface area contributed by atoms with Crippen molar-refractivity contribution < 1.29 is 19.1 Å². The highest BCUT2D eigenvalue weighted by atomic mass is 16.5. The van der Waals surface area contributed by atoms with Gasteiger partial charge in [-0.05, 0) is 44.2 Å². The molecule has 0 N–H and O–H groups in total. The molecule has 0 bridgehead atoms. The molecule has 1 aliphatic rings. The number of carbonyl (C=O) groups is 2. The minimum Gasteiger partial charge on any atom is -0.619 e. The molecule has 0 saturated carbocycles. The van der Waals surface area contributed by atoms with E-state index in [9.17, 15) is 14.8 Å². The van der Waals surface area contributed by atoms with E-state index >= 15 is 0 Å². The lowest BCUT2D eigenvalue weighted by Gasteiger charge is -2.41. The number of esters is 1. The Bertz CT molecular complexity index is 850. The van der Waals surface area contributed by atoms with Gasteiger partial charge in [0.1, 0.15) is 0 Å². The van der Waals surface area contributed by atoms with Gasteiger partial charge in [0.25, 0.3) is 5.91 Å². The highest BCUT2D eigenvalue weighted by molar-refractivity contribution is 5.94. The fourth-order valence-electron chi connectivity index (χ4n) is 3.88. The van der Waals surface area contributed by atoms with Gasteiger partial charge in [0.05, 0.1) is 17.6 Å². The monoisotopic (exact) mass is 382 g/mol. The number of nitrogens with zero attached hydrogens (tertiary/aromatic N) is 2. The average Bonchev–Trinajstić information content (AvgIpc) is 2.70. The molecule has 1 fully saturated rings. The van der Waals surface area contributed by atoms with Crippen molar-refractivity contribution >= 4 is 11.9 Å². The zero-order valence-electron chi connectivity index (χ0n) is 16.4. The number of benzene rings is 1. The number of carbonyl (C=O) groups excluding carboxylic acids is 2. The Morgan fingerprint density at radius 2 is 1.93 bits per heavy atom. The summed E-state index contributed by atoms with van der Waals surface area (Å²) in [7, 11) is 0. The number of rotatable bonds is 5. The zero-order chi connectivity index (χ0) is 20.1. The van der Waals surface area contributed by atoms with Crippen LogP contribution >= 0.6 is 0 Å². The Hall–Kier alpha value is -2.89. The Balaban J connectivity index is 1.89. The van der Waals surface area contributed by atoms with Crippen LogP contribution in [0.3, 0.4) is 0 Å². The maximum Gasteiger partial charge on any atom is 0.314 e. The first-order chi connectivity index (χ1) is 13.4. The van der Waals surface area contributed by atoms with Crippen LogP contribution in [0.2, 0.25) is 0 Å². The number of hydrogen-bond donors (Lipinski definition) is 0. The third-order valence-electron chi connectivity index (χ3n) is 5.41. The Morgan fingerprint density at radius 1 is 1.21 bits per heavy atom. The van der Waals surface area contributed by atoms with E-state index in [2.05, 4.69) is 0 Å². The smallest absolute Gasteiger partial charge is 0.314 e. The Morgan fingerprint density at radius 3 is 2.61 bits per heavy atom. The molecular formula is C22H26N2O4. The standard InChI is InChI=1S/C22H26N2O4/c1-3-28-21(26)22(15-19-8-5-4-7-17(19)2)11-6-12-23(16-22)20(25)18-9-13-24(27)14-10-18/h4-5,7-10,13-14H,3,6,11-12,15-16H2,1-2H3. The van der Waals surface area contributed by atoms with Crippen molar-refractivity contribution in [2.45, 2.75) is 33.1 Å². The summed E-state index contributed by atoms with van der Waals surface area (Å²) in [6, 6.07) is 11.0. The normalized spacial score (nSPS) is 19.3. The lowest BCUT2D eigenvalue weighted by atomic mass is 9.74. The summed E-state index contributed by atoms with van der Waals surface area (Å²) in [5.74, 6) is -0.417. The van der Waals surface area contributed by atoms with E-state index in [1.807, 2.05) is 31.2 Å². The molecular weight excluding hydrogens is 356 g/mol. The van der Waals surface area contributed by atoms with Crippen molar-refractivity contribution in [3.8, 4) is 0 Å². The summed E-state index contributed by atoms with van der Waals surface area (Å²) < 4.78 is 6.07. The number of piperidine rings is 1. The quantitative estimate of drug-likeness (QED) is 0.453.